The molecule has 2 amide bonds. The van der Waals surface area contributed by atoms with E-state index in [-0.39, 0.29) is 6.04 Å². The Balaban J connectivity index is 1.79. The Kier molecular flexibility index (Phi) is 5.15. The molecule has 1 aromatic carbocycles. The number of rotatable bonds is 5. The van der Waals surface area contributed by atoms with Crippen LogP contribution >= 0.6 is 0 Å². The molecule has 1 aliphatic carbocycles. The summed E-state index contributed by atoms with van der Waals surface area (Å²) in [6, 6.07) is 8.24. The number of nitrogens with one attached hydrogen (secondary N) is 1. The number of nitrogens with zero attached hydrogens (tertiary/aromatic N) is 3. The maximum absolute atomic E-state index is 12.5. The summed E-state index contributed by atoms with van der Waals surface area (Å²) in [5, 5.41) is 2.51. The molecule has 1 saturated heterocycles. The average Bonchev–Trinajstić information content (AvgIpc) is 3.50. The van der Waals surface area contributed by atoms with Gasteiger partial charge < -0.3 is 20.7 Å². The Hall–Kier alpha value is -2.72. The zero-order chi connectivity index (χ0) is 21.5. The predicted molar refractivity (Wildman–Crippen MR) is 114 cm³/mol. The molecule has 0 radical (unpaired) electrons. The van der Waals surface area contributed by atoms with E-state index in [4.69, 9.17) is 15.5 Å². The highest BCUT2D eigenvalue weighted by Gasteiger charge is 2.55. The first-order valence-electron chi connectivity index (χ1n) is 9.80. The van der Waals surface area contributed by atoms with Crippen molar-refractivity contribution in [3.63, 3.8) is 0 Å². The number of benzene rings is 1. The number of sulfone groups is 1. The number of morpholine rings is 1. The van der Waals surface area contributed by atoms with Gasteiger partial charge >= 0.3 is 6.03 Å². The SMILES string of the molecule is C[C@H]1COCCN1c1cc(C2(S(C)(=O)=O)CC2)nc(-c2ccc(NC(N)=O)cc2)n1. The number of carbonyl (C=O) groups is 1. The third-order valence-corrected chi connectivity index (χ3v) is 7.70. The quantitative estimate of drug-likeness (QED) is 0.740. The summed E-state index contributed by atoms with van der Waals surface area (Å²) in [7, 11) is -3.32. The molecule has 2 heterocycles. The molecule has 10 heteroatoms. The highest BCUT2D eigenvalue weighted by Crippen LogP contribution is 2.52. The highest BCUT2D eigenvalue weighted by molar-refractivity contribution is 7.91. The molecular weight excluding hydrogens is 406 g/mol. The number of amides is 2. The summed E-state index contributed by atoms with van der Waals surface area (Å²) in [5.74, 6) is 1.14. The zero-order valence-electron chi connectivity index (χ0n) is 17.0. The first-order valence-corrected chi connectivity index (χ1v) is 11.7. The molecule has 4 rings (SSSR count). The summed E-state index contributed by atoms with van der Waals surface area (Å²) in [5.41, 5.74) is 6.96. The van der Waals surface area contributed by atoms with E-state index in [0.29, 0.717) is 55.6 Å². The normalized spacial score (nSPS) is 20.6. The maximum Gasteiger partial charge on any atom is 0.316 e. The van der Waals surface area contributed by atoms with Crippen molar-refractivity contribution in [1.82, 2.24) is 9.97 Å². The molecule has 3 N–H and O–H groups in total. The summed E-state index contributed by atoms with van der Waals surface area (Å²) < 4.78 is 29.6. The number of primary amides is 1. The van der Waals surface area contributed by atoms with Gasteiger partial charge in [-0.2, -0.15) is 0 Å². The molecular formula is C20H25N5O4S. The molecule has 0 bridgehead atoms. The van der Waals surface area contributed by atoms with Gasteiger partial charge in [0.1, 0.15) is 10.6 Å². The Morgan fingerprint density at radius 2 is 1.97 bits per heavy atom. The van der Waals surface area contributed by atoms with Gasteiger partial charge in [-0.25, -0.2) is 23.2 Å². The minimum absolute atomic E-state index is 0.116. The first kappa shape index (κ1) is 20.5. The van der Waals surface area contributed by atoms with Gasteiger partial charge in [0, 0.05) is 30.1 Å². The fraction of sp³-hybridized carbons (Fsp3) is 0.450. The topological polar surface area (TPSA) is 128 Å². The molecule has 1 saturated carbocycles. The van der Waals surface area contributed by atoms with Crippen LogP contribution in [0.5, 0.6) is 0 Å². The summed E-state index contributed by atoms with van der Waals surface area (Å²) in [6.07, 6.45) is 2.38. The Morgan fingerprint density at radius 1 is 1.27 bits per heavy atom. The van der Waals surface area contributed by atoms with Gasteiger partial charge in [-0.1, -0.05) is 0 Å². The van der Waals surface area contributed by atoms with E-state index >= 15 is 0 Å². The van der Waals surface area contributed by atoms with Crippen LogP contribution in [0.1, 0.15) is 25.5 Å². The Bertz CT molecular complexity index is 1070. The monoisotopic (exact) mass is 431 g/mol. The molecule has 1 aromatic heterocycles. The molecule has 2 fully saturated rings. The molecule has 2 aromatic rings. The van der Waals surface area contributed by atoms with Crippen LogP contribution in [-0.2, 0) is 19.3 Å². The third kappa shape index (κ3) is 3.84. The lowest BCUT2D eigenvalue weighted by atomic mass is 10.1. The smallest absolute Gasteiger partial charge is 0.316 e. The van der Waals surface area contributed by atoms with Gasteiger partial charge in [0.25, 0.3) is 0 Å². The number of aromatic nitrogens is 2. The molecule has 0 unspecified atom stereocenters. The van der Waals surface area contributed by atoms with Crippen LogP contribution in [0.2, 0.25) is 0 Å². The first-order chi connectivity index (χ1) is 14.2. The number of nitrogens with two attached hydrogens (primary N) is 1. The fourth-order valence-electron chi connectivity index (χ4n) is 3.79. The van der Waals surface area contributed by atoms with Crippen molar-refractivity contribution in [3.05, 3.63) is 36.0 Å². The second-order valence-corrected chi connectivity index (χ2v) is 10.2. The molecule has 0 spiro atoms. The van der Waals surface area contributed by atoms with Crippen LogP contribution in [0.4, 0.5) is 16.3 Å². The van der Waals surface area contributed by atoms with Gasteiger partial charge in [0.15, 0.2) is 15.7 Å². The van der Waals surface area contributed by atoms with Crippen LogP contribution in [0.25, 0.3) is 11.4 Å². The fourth-order valence-corrected chi connectivity index (χ4v) is 5.11. The van der Waals surface area contributed by atoms with E-state index in [1.165, 1.54) is 6.26 Å². The Morgan fingerprint density at radius 3 is 2.53 bits per heavy atom. The van der Waals surface area contributed by atoms with Gasteiger partial charge in [-0.3, -0.25) is 0 Å². The number of hydrogen-bond donors (Lipinski definition) is 2. The van der Waals surface area contributed by atoms with Crippen molar-refractivity contribution < 1.29 is 17.9 Å². The molecule has 1 atom stereocenters. The number of urea groups is 1. The van der Waals surface area contributed by atoms with Gasteiger partial charge in [0.2, 0.25) is 0 Å². The summed E-state index contributed by atoms with van der Waals surface area (Å²) in [6.45, 7) is 3.89. The molecule has 30 heavy (non-hydrogen) atoms. The van der Waals surface area contributed by atoms with Gasteiger partial charge in [-0.05, 0) is 44.0 Å². The van der Waals surface area contributed by atoms with E-state index in [2.05, 4.69) is 15.2 Å². The van der Waals surface area contributed by atoms with Crippen LogP contribution < -0.4 is 16.0 Å². The molecule has 9 nitrogen and oxygen atoms in total. The van der Waals surface area contributed by atoms with Crippen molar-refractivity contribution in [2.24, 2.45) is 5.73 Å². The van der Waals surface area contributed by atoms with Crippen molar-refractivity contribution in [1.29, 1.82) is 0 Å². The van der Waals surface area contributed by atoms with E-state index in [0.717, 1.165) is 5.56 Å². The lowest BCUT2D eigenvalue weighted by molar-refractivity contribution is 0.0985. The van der Waals surface area contributed by atoms with E-state index in [1.807, 2.05) is 13.0 Å². The Labute approximate surface area is 175 Å². The number of anilines is 2. The minimum atomic E-state index is -3.32. The lowest BCUT2D eigenvalue weighted by Crippen LogP contribution is -2.44. The van der Waals surface area contributed by atoms with Crippen LogP contribution in [0.15, 0.2) is 30.3 Å². The van der Waals surface area contributed by atoms with Gasteiger partial charge in [0.05, 0.1) is 24.9 Å². The predicted octanol–water partition coefficient (Wildman–Crippen LogP) is 1.89. The zero-order valence-corrected chi connectivity index (χ0v) is 17.8. The van der Waals surface area contributed by atoms with Crippen molar-refractivity contribution in [3.8, 4) is 11.4 Å². The van der Waals surface area contributed by atoms with Crippen LogP contribution in [0.3, 0.4) is 0 Å². The second kappa shape index (κ2) is 7.51. The molecule has 1 aliphatic heterocycles. The van der Waals surface area contributed by atoms with Crippen LogP contribution in [0, 0.1) is 0 Å². The second-order valence-electron chi connectivity index (χ2n) is 7.89. The van der Waals surface area contributed by atoms with E-state index in [1.54, 1.807) is 24.3 Å². The molecule has 160 valence electrons. The maximum atomic E-state index is 12.5. The minimum Gasteiger partial charge on any atom is -0.377 e. The summed E-state index contributed by atoms with van der Waals surface area (Å²) >= 11 is 0. The highest BCUT2D eigenvalue weighted by atomic mass is 32.2. The van der Waals surface area contributed by atoms with Gasteiger partial charge in [-0.15, -0.1) is 0 Å². The third-order valence-electron chi connectivity index (χ3n) is 5.67. The lowest BCUT2D eigenvalue weighted by Gasteiger charge is -2.34. The number of hydrogen-bond acceptors (Lipinski definition) is 7. The van der Waals surface area contributed by atoms with Crippen LogP contribution in [-0.4, -0.2) is 56.5 Å². The van der Waals surface area contributed by atoms with Crippen molar-refractivity contribution in [2.75, 3.05) is 36.2 Å². The van der Waals surface area contributed by atoms with E-state index in [9.17, 15) is 13.2 Å². The van der Waals surface area contributed by atoms with E-state index < -0.39 is 20.6 Å². The largest absolute Gasteiger partial charge is 0.377 e. The molecule has 2 aliphatic rings. The van der Waals surface area contributed by atoms with Crippen molar-refractivity contribution in [2.45, 2.75) is 30.6 Å². The summed E-state index contributed by atoms with van der Waals surface area (Å²) in [4.78, 5) is 22.6. The van der Waals surface area contributed by atoms with Crippen molar-refractivity contribution >= 4 is 27.4 Å². The average molecular weight is 432 g/mol. The number of ether oxygens (including phenoxy) is 1. The number of carbonyl (C=O) groups excluding carboxylic acids is 1. The standard InChI is InChI=1S/C20H25N5O4S/c1-13-12-29-10-9-25(13)17-11-16(20(7-8-20)30(2,27)28)23-18(24-17)14-3-5-15(6-4-14)22-19(21)26/h3-6,11,13H,7-10,12H2,1-2H3,(H3,21,22,26)/t13-/m0/s1.